The van der Waals surface area contributed by atoms with E-state index in [2.05, 4.69) is 0 Å². The summed E-state index contributed by atoms with van der Waals surface area (Å²) in [4.78, 5) is 0. The molecule has 2 rings (SSSR count). The highest BCUT2D eigenvalue weighted by molar-refractivity contribution is 6.30. The van der Waals surface area contributed by atoms with Crippen LogP contribution in [0.1, 0.15) is 22.3 Å². The van der Waals surface area contributed by atoms with Crippen LogP contribution in [0, 0.1) is 20.8 Å². The minimum atomic E-state index is 0.519. The maximum absolute atomic E-state index is 6.02. The van der Waals surface area contributed by atoms with Crippen molar-refractivity contribution < 1.29 is 4.74 Å². The first kappa shape index (κ1) is 14.2. The van der Waals surface area contributed by atoms with Gasteiger partial charge < -0.3 is 4.74 Å². The molecule has 2 aromatic carbocycles. The van der Waals surface area contributed by atoms with Gasteiger partial charge in [0.1, 0.15) is 11.5 Å². The van der Waals surface area contributed by atoms with Gasteiger partial charge in [-0.25, -0.2) is 0 Å². The van der Waals surface area contributed by atoms with Gasteiger partial charge in [0.2, 0.25) is 0 Å². The number of rotatable bonds is 3. The lowest BCUT2D eigenvalue weighted by atomic mass is 10.1. The van der Waals surface area contributed by atoms with E-state index < -0.39 is 0 Å². The van der Waals surface area contributed by atoms with E-state index in [0.29, 0.717) is 5.88 Å². The molecule has 0 aliphatic heterocycles. The minimum absolute atomic E-state index is 0.519. The lowest BCUT2D eigenvalue weighted by Gasteiger charge is -2.13. The Hall–Kier alpha value is -1.18. The van der Waals surface area contributed by atoms with Crippen molar-refractivity contribution in [2.24, 2.45) is 0 Å². The van der Waals surface area contributed by atoms with Crippen molar-refractivity contribution in [1.29, 1.82) is 0 Å². The van der Waals surface area contributed by atoms with E-state index >= 15 is 0 Å². The Bertz CT molecular complexity index is 583. The number of ether oxygens (including phenoxy) is 1. The molecule has 0 saturated heterocycles. The molecule has 0 unspecified atom stereocenters. The largest absolute Gasteiger partial charge is 0.457 e. The fourth-order valence-electron chi connectivity index (χ4n) is 2.06. The van der Waals surface area contributed by atoms with Crippen LogP contribution in [0.25, 0.3) is 0 Å². The van der Waals surface area contributed by atoms with Gasteiger partial charge in [-0.1, -0.05) is 17.7 Å². The highest BCUT2D eigenvalue weighted by Crippen LogP contribution is 2.32. The predicted molar refractivity (Wildman–Crippen MR) is 81.7 cm³/mol. The van der Waals surface area contributed by atoms with Crippen LogP contribution in [-0.2, 0) is 5.88 Å². The van der Waals surface area contributed by atoms with E-state index in [-0.39, 0.29) is 0 Å². The molecular weight excluding hydrogens is 279 g/mol. The lowest BCUT2D eigenvalue weighted by Crippen LogP contribution is -1.93. The monoisotopic (exact) mass is 294 g/mol. The highest BCUT2D eigenvalue weighted by atomic mass is 35.5. The third-order valence-corrected chi connectivity index (χ3v) is 3.61. The number of alkyl halides is 1. The van der Waals surface area contributed by atoms with Gasteiger partial charge in [-0.05, 0) is 67.3 Å². The van der Waals surface area contributed by atoms with Gasteiger partial charge in [0.05, 0.1) is 0 Å². The Labute approximate surface area is 124 Å². The second-order valence-electron chi connectivity index (χ2n) is 4.69. The van der Waals surface area contributed by atoms with Gasteiger partial charge >= 0.3 is 0 Å². The van der Waals surface area contributed by atoms with Crippen molar-refractivity contribution in [2.45, 2.75) is 26.7 Å². The van der Waals surface area contributed by atoms with E-state index in [1.54, 1.807) is 0 Å². The van der Waals surface area contributed by atoms with Crippen molar-refractivity contribution in [3.8, 4) is 11.5 Å². The van der Waals surface area contributed by atoms with Crippen molar-refractivity contribution in [3.63, 3.8) is 0 Å². The fraction of sp³-hybridized carbons (Fsp3) is 0.250. The number of benzene rings is 2. The fourth-order valence-corrected chi connectivity index (χ4v) is 2.69. The molecular formula is C16H16Cl2O. The summed E-state index contributed by atoms with van der Waals surface area (Å²) in [6, 6.07) is 9.76. The molecule has 0 radical (unpaired) electrons. The summed E-state index contributed by atoms with van der Waals surface area (Å²) in [5.74, 6) is 2.20. The van der Waals surface area contributed by atoms with Crippen molar-refractivity contribution >= 4 is 23.2 Å². The molecule has 0 atom stereocenters. The van der Waals surface area contributed by atoms with Crippen LogP contribution in [0.3, 0.4) is 0 Å². The zero-order chi connectivity index (χ0) is 14.0. The molecule has 1 nitrogen and oxygen atoms in total. The van der Waals surface area contributed by atoms with Crippen LogP contribution in [0.4, 0.5) is 0 Å². The number of hydrogen-bond donors (Lipinski definition) is 0. The van der Waals surface area contributed by atoms with E-state index in [1.165, 1.54) is 0 Å². The van der Waals surface area contributed by atoms with Gasteiger partial charge in [-0.2, -0.15) is 0 Å². The van der Waals surface area contributed by atoms with E-state index in [4.69, 9.17) is 27.9 Å². The third-order valence-electron chi connectivity index (χ3n) is 3.10. The quantitative estimate of drug-likeness (QED) is 0.650. The van der Waals surface area contributed by atoms with Gasteiger partial charge in [0.15, 0.2) is 0 Å². The summed E-state index contributed by atoms with van der Waals surface area (Å²) in [7, 11) is 0. The minimum Gasteiger partial charge on any atom is -0.457 e. The van der Waals surface area contributed by atoms with E-state index in [0.717, 1.165) is 38.8 Å². The Kier molecular flexibility index (Phi) is 4.38. The average Bonchev–Trinajstić information content (AvgIpc) is 2.34. The lowest BCUT2D eigenvalue weighted by molar-refractivity contribution is 0.474. The summed E-state index contributed by atoms with van der Waals surface area (Å²) in [6.45, 7) is 6.02. The van der Waals surface area contributed by atoms with Crippen LogP contribution in [0.2, 0.25) is 5.02 Å². The summed E-state index contributed by atoms with van der Waals surface area (Å²) < 4.78 is 5.97. The third kappa shape index (κ3) is 3.23. The molecule has 0 N–H and O–H groups in total. The van der Waals surface area contributed by atoms with E-state index in [1.807, 2.05) is 51.1 Å². The van der Waals surface area contributed by atoms with Gasteiger partial charge in [-0.15, -0.1) is 11.6 Å². The molecule has 0 bridgehead atoms. The maximum Gasteiger partial charge on any atom is 0.133 e. The van der Waals surface area contributed by atoms with Crippen LogP contribution in [0.15, 0.2) is 30.3 Å². The molecule has 19 heavy (non-hydrogen) atoms. The molecule has 0 fully saturated rings. The highest BCUT2D eigenvalue weighted by Gasteiger charge is 2.08. The topological polar surface area (TPSA) is 9.23 Å². The molecule has 100 valence electrons. The summed E-state index contributed by atoms with van der Waals surface area (Å²) in [5, 5.41) is 0.732. The maximum atomic E-state index is 6.02. The molecule has 0 aromatic heterocycles. The zero-order valence-electron chi connectivity index (χ0n) is 11.3. The molecule has 0 amide bonds. The molecule has 2 aromatic rings. The predicted octanol–water partition coefficient (Wildman–Crippen LogP) is 5.80. The Balaban J connectivity index is 2.34. The summed E-state index contributed by atoms with van der Waals surface area (Å²) >= 11 is 11.9. The van der Waals surface area contributed by atoms with Crippen molar-refractivity contribution in [1.82, 2.24) is 0 Å². The normalized spacial score (nSPS) is 10.6. The molecule has 0 heterocycles. The smallest absolute Gasteiger partial charge is 0.133 e. The van der Waals surface area contributed by atoms with Crippen LogP contribution in [0.5, 0.6) is 11.5 Å². The van der Waals surface area contributed by atoms with Gasteiger partial charge in [0.25, 0.3) is 0 Å². The standard InChI is InChI=1S/C16H16Cl2O/c1-10-8-15(5-4-13(10)9-17)19-16-11(2)6-14(18)7-12(16)3/h4-8H,9H2,1-3H3. The van der Waals surface area contributed by atoms with Crippen LogP contribution in [-0.4, -0.2) is 0 Å². The zero-order valence-corrected chi connectivity index (χ0v) is 12.8. The molecule has 0 saturated carbocycles. The average molecular weight is 295 g/mol. The van der Waals surface area contributed by atoms with Crippen molar-refractivity contribution in [3.05, 3.63) is 57.6 Å². The second-order valence-corrected chi connectivity index (χ2v) is 5.40. The SMILES string of the molecule is Cc1cc(Oc2c(C)cc(Cl)cc2C)ccc1CCl. The van der Waals surface area contributed by atoms with Gasteiger partial charge in [-0.3, -0.25) is 0 Å². The van der Waals surface area contributed by atoms with Gasteiger partial charge in [0, 0.05) is 10.9 Å². The number of hydrogen-bond acceptors (Lipinski definition) is 1. The Morgan fingerprint density at radius 1 is 0.947 bits per heavy atom. The summed E-state index contributed by atoms with van der Waals surface area (Å²) in [5.41, 5.74) is 4.32. The molecule has 0 spiro atoms. The van der Waals surface area contributed by atoms with Crippen molar-refractivity contribution in [2.75, 3.05) is 0 Å². The van der Waals surface area contributed by atoms with Crippen LogP contribution < -0.4 is 4.74 Å². The summed E-state index contributed by atoms with van der Waals surface area (Å²) in [6.07, 6.45) is 0. The first-order chi connectivity index (χ1) is 9.01. The molecule has 0 aliphatic carbocycles. The first-order valence-corrected chi connectivity index (χ1v) is 7.02. The first-order valence-electron chi connectivity index (χ1n) is 6.11. The Morgan fingerprint density at radius 3 is 2.11 bits per heavy atom. The number of aryl methyl sites for hydroxylation is 3. The van der Waals surface area contributed by atoms with Crippen LogP contribution >= 0.6 is 23.2 Å². The Morgan fingerprint density at radius 2 is 1.58 bits per heavy atom. The molecule has 3 heteroatoms. The van der Waals surface area contributed by atoms with E-state index in [9.17, 15) is 0 Å². The number of halogens is 2. The second kappa shape index (κ2) is 5.85. The molecule has 0 aliphatic rings.